The standard InChI is InChI=1S/C16H23ClN2O2/c17-14-8-11(9-15-16(14)21-7-1-6-20-15)10-19-13-4-2-12(18)3-5-13/h8-9,12-13,19H,1-7,10,18H2. The zero-order chi connectivity index (χ0) is 14.7. The van der Waals surface area contributed by atoms with E-state index in [4.69, 9.17) is 26.8 Å². The summed E-state index contributed by atoms with van der Waals surface area (Å²) in [7, 11) is 0. The van der Waals surface area contributed by atoms with E-state index in [0.717, 1.165) is 50.0 Å². The van der Waals surface area contributed by atoms with Crippen molar-refractivity contribution in [3.05, 3.63) is 22.7 Å². The normalized spacial score (nSPS) is 25.4. The third-order valence-electron chi connectivity index (χ3n) is 4.23. The second-order valence-electron chi connectivity index (χ2n) is 5.95. The summed E-state index contributed by atoms with van der Waals surface area (Å²) in [6.45, 7) is 2.14. The molecule has 1 fully saturated rings. The van der Waals surface area contributed by atoms with Crippen LogP contribution in [0.5, 0.6) is 11.5 Å². The number of ether oxygens (including phenoxy) is 2. The molecule has 21 heavy (non-hydrogen) atoms. The van der Waals surface area contributed by atoms with E-state index in [0.29, 0.717) is 36.1 Å². The summed E-state index contributed by atoms with van der Waals surface area (Å²) in [6, 6.07) is 4.94. The number of fused-ring (bicyclic) bond motifs is 1. The minimum atomic E-state index is 0.385. The summed E-state index contributed by atoms with van der Waals surface area (Å²) >= 11 is 6.31. The van der Waals surface area contributed by atoms with Crippen LogP contribution in [-0.4, -0.2) is 25.3 Å². The molecular formula is C16H23ClN2O2. The van der Waals surface area contributed by atoms with Gasteiger partial charge in [-0.3, -0.25) is 0 Å². The zero-order valence-electron chi connectivity index (χ0n) is 12.2. The third-order valence-corrected chi connectivity index (χ3v) is 4.51. The Balaban J connectivity index is 1.63. The highest BCUT2D eigenvalue weighted by Gasteiger charge is 2.19. The van der Waals surface area contributed by atoms with Crippen LogP contribution in [0.3, 0.4) is 0 Å². The van der Waals surface area contributed by atoms with E-state index >= 15 is 0 Å². The molecule has 0 atom stereocenters. The van der Waals surface area contributed by atoms with Gasteiger partial charge in [0.15, 0.2) is 11.5 Å². The predicted molar refractivity (Wildman–Crippen MR) is 84.1 cm³/mol. The number of halogens is 1. The van der Waals surface area contributed by atoms with E-state index in [-0.39, 0.29) is 0 Å². The van der Waals surface area contributed by atoms with E-state index < -0.39 is 0 Å². The van der Waals surface area contributed by atoms with Crippen molar-refractivity contribution in [3.8, 4) is 11.5 Å². The summed E-state index contributed by atoms with van der Waals surface area (Å²) in [5.41, 5.74) is 7.08. The molecule has 0 bridgehead atoms. The van der Waals surface area contributed by atoms with Crippen LogP contribution >= 0.6 is 11.6 Å². The molecule has 5 heteroatoms. The SMILES string of the molecule is NC1CCC(NCc2cc(Cl)c3c(c2)OCCCO3)CC1. The second kappa shape index (κ2) is 6.86. The van der Waals surface area contributed by atoms with Crippen LogP contribution in [0.2, 0.25) is 5.02 Å². The Morgan fingerprint density at radius 3 is 2.71 bits per heavy atom. The van der Waals surface area contributed by atoms with Crippen LogP contribution in [0.15, 0.2) is 12.1 Å². The summed E-state index contributed by atoms with van der Waals surface area (Å²) in [6.07, 6.45) is 5.42. The van der Waals surface area contributed by atoms with Crippen LogP contribution in [0, 0.1) is 0 Å². The smallest absolute Gasteiger partial charge is 0.179 e. The van der Waals surface area contributed by atoms with E-state index in [9.17, 15) is 0 Å². The van der Waals surface area contributed by atoms with Gasteiger partial charge in [-0.15, -0.1) is 0 Å². The average molecular weight is 311 g/mol. The number of nitrogens with two attached hydrogens (primary N) is 1. The molecule has 0 radical (unpaired) electrons. The molecule has 3 N–H and O–H groups in total. The summed E-state index contributed by atoms with van der Waals surface area (Å²) < 4.78 is 11.4. The van der Waals surface area contributed by atoms with Crippen molar-refractivity contribution in [3.63, 3.8) is 0 Å². The molecule has 3 rings (SSSR count). The minimum absolute atomic E-state index is 0.385. The van der Waals surface area contributed by atoms with E-state index in [2.05, 4.69) is 5.32 Å². The Morgan fingerprint density at radius 1 is 1.14 bits per heavy atom. The molecular weight excluding hydrogens is 288 g/mol. The lowest BCUT2D eigenvalue weighted by Crippen LogP contribution is -2.37. The summed E-state index contributed by atoms with van der Waals surface area (Å²) in [4.78, 5) is 0. The number of hydrogen-bond acceptors (Lipinski definition) is 4. The van der Waals surface area contributed by atoms with Crippen LogP contribution in [0.4, 0.5) is 0 Å². The van der Waals surface area contributed by atoms with Crippen molar-refractivity contribution < 1.29 is 9.47 Å². The molecule has 0 saturated heterocycles. The fraction of sp³-hybridized carbons (Fsp3) is 0.625. The van der Waals surface area contributed by atoms with Gasteiger partial charge in [-0.05, 0) is 43.4 Å². The van der Waals surface area contributed by atoms with Crippen molar-refractivity contribution in [2.45, 2.75) is 50.7 Å². The fourth-order valence-corrected chi connectivity index (χ4v) is 3.26. The molecule has 1 aromatic carbocycles. The van der Waals surface area contributed by atoms with Crippen molar-refractivity contribution in [1.29, 1.82) is 0 Å². The van der Waals surface area contributed by atoms with Crippen molar-refractivity contribution >= 4 is 11.6 Å². The van der Waals surface area contributed by atoms with Gasteiger partial charge in [0.05, 0.1) is 18.2 Å². The van der Waals surface area contributed by atoms with E-state index in [1.807, 2.05) is 12.1 Å². The highest BCUT2D eigenvalue weighted by atomic mass is 35.5. The molecule has 4 nitrogen and oxygen atoms in total. The first-order valence-electron chi connectivity index (χ1n) is 7.79. The topological polar surface area (TPSA) is 56.5 Å². The first kappa shape index (κ1) is 14.9. The first-order valence-corrected chi connectivity index (χ1v) is 8.17. The van der Waals surface area contributed by atoms with Gasteiger partial charge >= 0.3 is 0 Å². The maximum atomic E-state index is 6.31. The minimum Gasteiger partial charge on any atom is -0.489 e. The summed E-state index contributed by atoms with van der Waals surface area (Å²) in [5.74, 6) is 1.45. The van der Waals surface area contributed by atoms with Gasteiger partial charge in [0.25, 0.3) is 0 Å². The molecule has 0 unspecified atom stereocenters. The average Bonchev–Trinajstić information content (AvgIpc) is 2.72. The van der Waals surface area contributed by atoms with Crippen LogP contribution in [0.1, 0.15) is 37.7 Å². The van der Waals surface area contributed by atoms with Gasteiger partial charge < -0.3 is 20.5 Å². The maximum Gasteiger partial charge on any atom is 0.179 e. The van der Waals surface area contributed by atoms with Gasteiger partial charge in [0.1, 0.15) is 0 Å². The Labute approximate surface area is 130 Å². The number of rotatable bonds is 3. The molecule has 1 heterocycles. The van der Waals surface area contributed by atoms with Gasteiger partial charge in [-0.25, -0.2) is 0 Å². The predicted octanol–water partition coefficient (Wildman–Crippen LogP) is 2.86. The lowest BCUT2D eigenvalue weighted by Gasteiger charge is -2.27. The molecule has 116 valence electrons. The molecule has 1 aromatic rings. The molecule has 1 saturated carbocycles. The number of hydrogen-bond donors (Lipinski definition) is 2. The Hall–Kier alpha value is -0.970. The quantitative estimate of drug-likeness (QED) is 0.901. The van der Waals surface area contributed by atoms with Gasteiger partial charge in [-0.1, -0.05) is 11.6 Å². The lowest BCUT2D eigenvalue weighted by molar-refractivity contribution is 0.297. The van der Waals surface area contributed by atoms with Gasteiger partial charge in [0, 0.05) is 25.0 Å². The largest absolute Gasteiger partial charge is 0.489 e. The summed E-state index contributed by atoms with van der Waals surface area (Å²) in [5, 5.41) is 4.23. The van der Waals surface area contributed by atoms with Crippen LogP contribution < -0.4 is 20.5 Å². The second-order valence-corrected chi connectivity index (χ2v) is 6.36. The maximum absolute atomic E-state index is 6.31. The highest BCUT2D eigenvalue weighted by molar-refractivity contribution is 6.32. The fourth-order valence-electron chi connectivity index (χ4n) is 2.97. The van der Waals surface area contributed by atoms with E-state index in [1.165, 1.54) is 0 Å². The zero-order valence-corrected chi connectivity index (χ0v) is 13.0. The van der Waals surface area contributed by atoms with Gasteiger partial charge in [-0.2, -0.15) is 0 Å². The van der Waals surface area contributed by atoms with Crippen LogP contribution in [0.25, 0.3) is 0 Å². The molecule has 0 amide bonds. The van der Waals surface area contributed by atoms with Crippen LogP contribution in [-0.2, 0) is 6.54 Å². The lowest BCUT2D eigenvalue weighted by atomic mass is 9.92. The number of nitrogens with one attached hydrogen (secondary N) is 1. The third kappa shape index (κ3) is 3.82. The van der Waals surface area contributed by atoms with Crippen molar-refractivity contribution in [1.82, 2.24) is 5.32 Å². The van der Waals surface area contributed by atoms with Crippen molar-refractivity contribution in [2.75, 3.05) is 13.2 Å². The number of benzene rings is 1. The van der Waals surface area contributed by atoms with Gasteiger partial charge in [0.2, 0.25) is 0 Å². The molecule has 1 aliphatic carbocycles. The molecule has 1 aliphatic heterocycles. The highest BCUT2D eigenvalue weighted by Crippen LogP contribution is 2.38. The molecule has 0 aromatic heterocycles. The Kier molecular flexibility index (Phi) is 4.88. The Bertz CT molecular complexity index is 487. The monoisotopic (exact) mass is 310 g/mol. The Morgan fingerprint density at radius 2 is 1.90 bits per heavy atom. The van der Waals surface area contributed by atoms with Crippen molar-refractivity contribution in [2.24, 2.45) is 5.73 Å². The van der Waals surface area contributed by atoms with E-state index in [1.54, 1.807) is 0 Å². The molecule has 2 aliphatic rings. The first-order chi connectivity index (χ1) is 10.2. The molecule has 0 spiro atoms.